The summed E-state index contributed by atoms with van der Waals surface area (Å²) in [6.07, 6.45) is 0. The Balaban J connectivity index is 1.45. The topological polar surface area (TPSA) is 33.3 Å². The van der Waals surface area contributed by atoms with E-state index in [1.807, 2.05) is 48.5 Å². The minimum absolute atomic E-state index is 0.252. The number of nitrogens with one attached hydrogen (secondary N) is 2. The molecule has 0 aliphatic rings. The average molecular weight is 401 g/mol. The molecule has 6 heteroatoms. The van der Waals surface area contributed by atoms with E-state index in [1.54, 1.807) is 12.1 Å². The summed E-state index contributed by atoms with van der Waals surface area (Å²) >= 11 is 11.2. The second-order valence-corrected chi connectivity index (χ2v) is 6.72. The van der Waals surface area contributed by atoms with Crippen LogP contribution in [0.25, 0.3) is 0 Å². The summed E-state index contributed by atoms with van der Waals surface area (Å²) in [4.78, 5) is 0. The van der Waals surface area contributed by atoms with E-state index >= 15 is 0 Å². The van der Waals surface area contributed by atoms with Crippen molar-refractivity contribution < 1.29 is 9.13 Å². The molecule has 0 radical (unpaired) electrons. The predicted molar refractivity (Wildman–Crippen MR) is 112 cm³/mol. The molecule has 0 fully saturated rings. The molecule has 0 bridgehead atoms. The third kappa shape index (κ3) is 6.24. The van der Waals surface area contributed by atoms with Gasteiger partial charge in [-0.25, -0.2) is 4.39 Å². The van der Waals surface area contributed by atoms with Crippen LogP contribution in [0.15, 0.2) is 72.8 Å². The largest absolute Gasteiger partial charge is 0.489 e. The smallest absolute Gasteiger partial charge is 0.171 e. The third-order valence-electron chi connectivity index (χ3n) is 3.78. The maximum Gasteiger partial charge on any atom is 0.171 e. The summed E-state index contributed by atoms with van der Waals surface area (Å²) in [5.74, 6) is 0.501. The first-order valence-corrected chi connectivity index (χ1v) is 9.14. The van der Waals surface area contributed by atoms with Crippen LogP contribution in [-0.4, -0.2) is 5.11 Å². The maximum atomic E-state index is 12.9. The fourth-order valence-corrected chi connectivity index (χ4v) is 2.76. The molecule has 0 heterocycles. The molecule has 0 amide bonds. The van der Waals surface area contributed by atoms with Crippen molar-refractivity contribution in [1.82, 2.24) is 5.32 Å². The van der Waals surface area contributed by atoms with Crippen molar-refractivity contribution in [3.63, 3.8) is 0 Å². The van der Waals surface area contributed by atoms with Crippen molar-refractivity contribution in [3.05, 3.63) is 94.8 Å². The van der Waals surface area contributed by atoms with E-state index in [4.69, 9.17) is 28.6 Å². The second-order valence-electron chi connectivity index (χ2n) is 5.88. The van der Waals surface area contributed by atoms with Gasteiger partial charge in [0.05, 0.1) is 0 Å². The fourth-order valence-electron chi connectivity index (χ4n) is 2.37. The van der Waals surface area contributed by atoms with E-state index in [-0.39, 0.29) is 5.82 Å². The molecule has 0 aliphatic carbocycles. The van der Waals surface area contributed by atoms with Gasteiger partial charge in [0.1, 0.15) is 18.2 Å². The number of hydrogen-bond donors (Lipinski definition) is 2. The van der Waals surface area contributed by atoms with Crippen molar-refractivity contribution in [2.24, 2.45) is 0 Å². The third-order valence-corrected chi connectivity index (χ3v) is 4.26. The Kier molecular flexibility index (Phi) is 6.63. The Morgan fingerprint density at radius 1 is 0.963 bits per heavy atom. The lowest BCUT2D eigenvalue weighted by atomic mass is 10.2. The number of rotatable bonds is 6. The maximum absolute atomic E-state index is 12.9. The normalized spacial score (nSPS) is 10.3. The van der Waals surface area contributed by atoms with Gasteiger partial charge in [0.15, 0.2) is 5.11 Å². The number of benzene rings is 3. The highest BCUT2D eigenvalue weighted by molar-refractivity contribution is 7.80. The van der Waals surface area contributed by atoms with Gasteiger partial charge in [-0.3, -0.25) is 0 Å². The Bertz CT molecular complexity index is 901. The van der Waals surface area contributed by atoms with Gasteiger partial charge in [-0.2, -0.15) is 0 Å². The van der Waals surface area contributed by atoms with Crippen molar-refractivity contribution in [2.75, 3.05) is 5.32 Å². The standard InChI is InChI=1S/C21H18ClFN2OS/c22-17-2-1-3-19(12-17)25-21(27)24-13-15-6-10-20(11-7-15)26-14-16-4-8-18(23)9-5-16/h1-12H,13-14H2,(H2,24,25,27). The Morgan fingerprint density at radius 3 is 2.37 bits per heavy atom. The Hall–Kier alpha value is -2.63. The summed E-state index contributed by atoms with van der Waals surface area (Å²) in [7, 11) is 0. The Labute approximate surface area is 168 Å². The average Bonchev–Trinajstić information content (AvgIpc) is 2.67. The van der Waals surface area contributed by atoms with Crippen LogP contribution in [0.1, 0.15) is 11.1 Å². The van der Waals surface area contributed by atoms with Gasteiger partial charge in [0.25, 0.3) is 0 Å². The van der Waals surface area contributed by atoms with Crippen molar-refractivity contribution in [3.8, 4) is 5.75 Å². The second kappa shape index (κ2) is 9.35. The lowest BCUT2D eigenvalue weighted by Gasteiger charge is -2.11. The highest BCUT2D eigenvalue weighted by Gasteiger charge is 2.01. The van der Waals surface area contributed by atoms with Gasteiger partial charge < -0.3 is 15.4 Å². The van der Waals surface area contributed by atoms with Crippen LogP contribution in [0, 0.1) is 5.82 Å². The first-order chi connectivity index (χ1) is 13.1. The number of halogens is 2. The molecule has 0 aromatic heterocycles. The van der Waals surface area contributed by atoms with Crippen LogP contribution < -0.4 is 15.4 Å². The Morgan fingerprint density at radius 2 is 1.67 bits per heavy atom. The van der Waals surface area contributed by atoms with Gasteiger partial charge in [0.2, 0.25) is 0 Å². The van der Waals surface area contributed by atoms with Crippen LogP contribution in [0.5, 0.6) is 5.75 Å². The predicted octanol–water partition coefficient (Wildman–Crippen LogP) is 5.54. The SMILES string of the molecule is Fc1ccc(COc2ccc(CNC(=S)Nc3cccc(Cl)c3)cc2)cc1. The van der Waals surface area contributed by atoms with E-state index < -0.39 is 0 Å². The van der Waals surface area contributed by atoms with Crippen molar-refractivity contribution in [1.29, 1.82) is 0 Å². The molecule has 3 aromatic rings. The first-order valence-electron chi connectivity index (χ1n) is 8.35. The summed E-state index contributed by atoms with van der Waals surface area (Å²) in [5, 5.41) is 7.42. The summed E-state index contributed by atoms with van der Waals surface area (Å²) in [5.41, 5.74) is 2.82. The van der Waals surface area contributed by atoms with Gasteiger partial charge in [-0.15, -0.1) is 0 Å². The molecule has 3 rings (SSSR count). The molecule has 3 aromatic carbocycles. The number of hydrogen-bond acceptors (Lipinski definition) is 2. The van der Waals surface area contributed by atoms with E-state index in [1.165, 1.54) is 12.1 Å². The first kappa shape index (κ1) is 19.1. The molecule has 2 N–H and O–H groups in total. The summed E-state index contributed by atoms with van der Waals surface area (Å²) < 4.78 is 18.6. The molecule has 138 valence electrons. The fraction of sp³-hybridized carbons (Fsp3) is 0.0952. The molecular formula is C21H18ClFN2OS. The highest BCUT2D eigenvalue weighted by atomic mass is 35.5. The minimum Gasteiger partial charge on any atom is -0.489 e. The van der Waals surface area contributed by atoms with Gasteiger partial charge in [0, 0.05) is 17.3 Å². The van der Waals surface area contributed by atoms with E-state index in [0.29, 0.717) is 23.3 Å². The molecule has 0 saturated carbocycles. The zero-order valence-corrected chi connectivity index (χ0v) is 16.0. The van der Waals surface area contributed by atoms with E-state index in [2.05, 4.69) is 10.6 Å². The zero-order valence-electron chi connectivity index (χ0n) is 14.4. The van der Waals surface area contributed by atoms with E-state index in [9.17, 15) is 4.39 Å². The van der Waals surface area contributed by atoms with Crippen LogP contribution in [0.3, 0.4) is 0 Å². The molecular weight excluding hydrogens is 383 g/mol. The van der Waals surface area contributed by atoms with Crippen molar-refractivity contribution in [2.45, 2.75) is 13.2 Å². The van der Waals surface area contributed by atoms with Gasteiger partial charge >= 0.3 is 0 Å². The molecule has 27 heavy (non-hydrogen) atoms. The lowest BCUT2D eigenvalue weighted by Crippen LogP contribution is -2.27. The summed E-state index contributed by atoms with van der Waals surface area (Å²) in [6, 6.07) is 21.4. The zero-order chi connectivity index (χ0) is 19.1. The van der Waals surface area contributed by atoms with Gasteiger partial charge in [-0.05, 0) is 65.8 Å². The highest BCUT2D eigenvalue weighted by Crippen LogP contribution is 2.16. The number of ether oxygens (including phenoxy) is 1. The number of thiocarbonyl (C=S) groups is 1. The molecule has 0 spiro atoms. The monoisotopic (exact) mass is 400 g/mol. The van der Waals surface area contributed by atoms with Crippen LogP contribution in [-0.2, 0) is 13.2 Å². The molecule has 0 atom stereocenters. The van der Waals surface area contributed by atoms with Crippen LogP contribution in [0.4, 0.5) is 10.1 Å². The molecule has 0 unspecified atom stereocenters. The van der Waals surface area contributed by atoms with Crippen molar-refractivity contribution >= 4 is 34.6 Å². The summed E-state index contributed by atoms with van der Waals surface area (Å²) in [6.45, 7) is 0.982. The quantitative estimate of drug-likeness (QED) is 0.532. The molecule has 3 nitrogen and oxygen atoms in total. The molecule has 0 saturated heterocycles. The lowest BCUT2D eigenvalue weighted by molar-refractivity contribution is 0.306. The van der Waals surface area contributed by atoms with E-state index in [0.717, 1.165) is 22.6 Å². The molecule has 0 aliphatic heterocycles. The minimum atomic E-state index is -0.252. The number of anilines is 1. The van der Waals surface area contributed by atoms with Crippen LogP contribution >= 0.6 is 23.8 Å². The van der Waals surface area contributed by atoms with Gasteiger partial charge in [-0.1, -0.05) is 41.9 Å². The van der Waals surface area contributed by atoms with Crippen LogP contribution in [0.2, 0.25) is 5.02 Å².